The second-order valence-corrected chi connectivity index (χ2v) is 8.39. The molecule has 0 unspecified atom stereocenters. The van der Waals surface area contributed by atoms with Gasteiger partial charge in [0.25, 0.3) is 0 Å². The van der Waals surface area contributed by atoms with Gasteiger partial charge in [0.2, 0.25) is 0 Å². The van der Waals surface area contributed by atoms with E-state index in [0.717, 1.165) is 0 Å². The number of hydrogen-bond acceptors (Lipinski definition) is 0. The highest BCUT2D eigenvalue weighted by molar-refractivity contribution is 6.18. The van der Waals surface area contributed by atoms with E-state index >= 15 is 0 Å². The van der Waals surface area contributed by atoms with E-state index in [2.05, 4.69) is 109 Å². The van der Waals surface area contributed by atoms with Crippen LogP contribution in [-0.4, -0.2) is 4.57 Å². The van der Waals surface area contributed by atoms with Crippen molar-refractivity contribution in [1.82, 2.24) is 4.57 Å². The van der Waals surface area contributed by atoms with Crippen molar-refractivity contribution in [3.63, 3.8) is 0 Å². The average Bonchev–Trinajstić information content (AvgIpc) is 2.88. The summed E-state index contributed by atoms with van der Waals surface area (Å²) >= 11 is 0. The Hall–Kier alpha value is -3.32. The number of aromatic nitrogens is 1. The second-order valence-electron chi connectivity index (χ2n) is 8.39. The molecule has 1 aliphatic carbocycles. The normalized spacial score (nSPS) is 16.8. The Morgan fingerprint density at radius 3 is 2.21 bits per heavy atom. The number of benzene rings is 3. The molecule has 0 saturated heterocycles. The van der Waals surface area contributed by atoms with Crippen LogP contribution < -0.4 is 0 Å². The van der Waals surface area contributed by atoms with Gasteiger partial charge in [-0.2, -0.15) is 0 Å². The monoisotopic (exact) mass is 359 g/mol. The van der Waals surface area contributed by atoms with Crippen molar-refractivity contribution in [2.75, 3.05) is 0 Å². The molecule has 4 aromatic rings. The molecule has 0 spiro atoms. The lowest BCUT2D eigenvalue weighted by molar-refractivity contribution is 0.627. The molecule has 1 aromatic heterocycles. The molecule has 28 heavy (non-hydrogen) atoms. The lowest BCUT2D eigenvalue weighted by atomic mass is 9.91. The smallest absolute Gasteiger partial charge is 0.0619 e. The fourth-order valence-corrected chi connectivity index (χ4v) is 4.68. The summed E-state index contributed by atoms with van der Waals surface area (Å²) in [6.07, 6.45) is 9.28. The Balaban J connectivity index is 1.90. The van der Waals surface area contributed by atoms with Gasteiger partial charge in [-0.25, -0.2) is 0 Å². The molecule has 1 nitrogen and oxygen atoms in total. The number of hydrogen-bond donors (Lipinski definition) is 0. The number of allylic oxidation sites excluding steroid dienone is 6. The van der Waals surface area contributed by atoms with Crippen LogP contribution in [-0.2, 0) is 0 Å². The van der Waals surface area contributed by atoms with Crippen LogP contribution in [0.5, 0.6) is 0 Å². The maximum atomic E-state index is 2.47. The highest BCUT2D eigenvalue weighted by Crippen LogP contribution is 2.46. The second kappa shape index (κ2) is 5.36. The zero-order valence-corrected chi connectivity index (χ0v) is 16.1. The average molecular weight is 359 g/mol. The molecule has 2 heterocycles. The van der Waals surface area contributed by atoms with E-state index in [1.54, 1.807) is 0 Å². The van der Waals surface area contributed by atoms with Crippen LogP contribution >= 0.6 is 0 Å². The van der Waals surface area contributed by atoms with Crippen molar-refractivity contribution in [2.45, 2.75) is 13.8 Å². The number of fused-ring (bicyclic) bond motifs is 7. The first-order chi connectivity index (χ1) is 13.6. The van der Waals surface area contributed by atoms with Gasteiger partial charge in [-0.3, -0.25) is 0 Å². The van der Waals surface area contributed by atoms with Crippen LogP contribution in [0.1, 0.15) is 19.4 Å². The van der Waals surface area contributed by atoms with E-state index in [1.165, 1.54) is 49.8 Å². The summed E-state index contributed by atoms with van der Waals surface area (Å²) < 4.78 is 2.47. The third-order valence-corrected chi connectivity index (χ3v) is 6.07. The largest absolute Gasteiger partial charge is 0.308 e. The van der Waals surface area contributed by atoms with Crippen molar-refractivity contribution < 1.29 is 0 Å². The molecular formula is C27H21N. The van der Waals surface area contributed by atoms with Crippen molar-refractivity contribution in [2.24, 2.45) is 5.41 Å². The minimum absolute atomic E-state index is 0.0305. The minimum atomic E-state index is 0.0305. The van der Waals surface area contributed by atoms with E-state index in [-0.39, 0.29) is 5.41 Å². The summed E-state index contributed by atoms with van der Waals surface area (Å²) in [5, 5.41) is 2.63. The van der Waals surface area contributed by atoms with Crippen molar-refractivity contribution >= 4 is 33.1 Å². The standard InChI is InChI=1S/C27H21N/c1-27(2)16-14-21-18-8-3-4-9-19(18)22-11-7-12-23-20-10-5-6-13-24(20)28(26(22)23)25(21)15-17-27/h3-17H,1-2H3. The Morgan fingerprint density at radius 1 is 0.643 bits per heavy atom. The quantitative estimate of drug-likeness (QED) is 0.310. The minimum Gasteiger partial charge on any atom is -0.308 e. The van der Waals surface area contributed by atoms with E-state index in [4.69, 9.17) is 0 Å². The summed E-state index contributed by atoms with van der Waals surface area (Å²) in [6.45, 7) is 4.52. The SMILES string of the molecule is CC1(C)C=CC2=C(C=C1)n1c3ccccc3c3cccc(c31)-c1ccccc12. The molecule has 3 aromatic carbocycles. The van der Waals surface area contributed by atoms with Gasteiger partial charge in [-0.05, 0) is 23.3 Å². The molecule has 2 aliphatic rings. The molecule has 0 fully saturated rings. The van der Waals surface area contributed by atoms with Crippen LogP contribution in [0.15, 0.2) is 91.0 Å². The van der Waals surface area contributed by atoms with Crippen molar-refractivity contribution in [1.29, 1.82) is 0 Å². The molecule has 0 amide bonds. The van der Waals surface area contributed by atoms with Crippen molar-refractivity contribution in [3.05, 3.63) is 96.6 Å². The van der Waals surface area contributed by atoms with Crippen LogP contribution in [0.25, 0.3) is 44.2 Å². The zero-order chi connectivity index (χ0) is 18.9. The lowest BCUT2D eigenvalue weighted by Gasteiger charge is -2.13. The summed E-state index contributed by atoms with van der Waals surface area (Å²) in [6, 6.07) is 24.3. The van der Waals surface area contributed by atoms with Gasteiger partial charge in [0, 0.05) is 27.3 Å². The van der Waals surface area contributed by atoms with E-state index < -0.39 is 0 Å². The van der Waals surface area contributed by atoms with Crippen LogP contribution in [0, 0.1) is 5.41 Å². The molecular weight excluding hydrogens is 338 g/mol. The van der Waals surface area contributed by atoms with Gasteiger partial charge in [0.1, 0.15) is 0 Å². The fourth-order valence-electron chi connectivity index (χ4n) is 4.68. The van der Waals surface area contributed by atoms with Gasteiger partial charge in [-0.15, -0.1) is 0 Å². The fraction of sp³-hybridized carbons (Fsp3) is 0.111. The first-order valence-electron chi connectivity index (χ1n) is 9.89. The molecule has 0 saturated carbocycles. The molecule has 0 N–H and O–H groups in total. The summed E-state index contributed by atoms with van der Waals surface area (Å²) in [4.78, 5) is 0. The molecule has 0 bridgehead atoms. The Kier molecular flexibility index (Phi) is 3.01. The number of rotatable bonds is 0. The van der Waals surface area contributed by atoms with Crippen LogP contribution in [0.4, 0.5) is 0 Å². The van der Waals surface area contributed by atoms with E-state index in [9.17, 15) is 0 Å². The predicted octanol–water partition coefficient (Wildman–Crippen LogP) is 7.30. The lowest BCUT2D eigenvalue weighted by Crippen LogP contribution is -2.01. The summed E-state index contributed by atoms with van der Waals surface area (Å²) in [7, 11) is 0. The van der Waals surface area contributed by atoms with Crippen LogP contribution in [0.3, 0.4) is 0 Å². The third-order valence-electron chi connectivity index (χ3n) is 6.07. The van der Waals surface area contributed by atoms with Gasteiger partial charge in [0.05, 0.1) is 16.7 Å². The Morgan fingerprint density at radius 2 is 1.32 bits per heavy atom. The van der Waals surface area contributed by atoms with Gasteiger partial charge in [-0.1, -0.05) is 92.7 Å². The Labute approximate surface area is 164 Å². The molecule has 0 atom stereocenters. The highest BCUT2D eigenvalue weighted by atomic mass is 15.0. The van der Waals surface area contributed by atoms with Crippen molar-refractivity contribution in [3.8, 4) is 11.1 Å². The summed E-state index contributed by atoms with van der Waals surface area (Å²) in [5.41, 5.74) is 9.06. The topological polar surface area (TPSA) is 4.93 Å². The predicted molar refractivity (Wildman–Crippen MR) is 120 cm³/mol. The van der Waals surface area contributed by atoms with Gasteiger partial charge >= 0.3 is 0 Å². The third kappa shape index (κ3) is 2.02. The summed E-state index contributed by atoms with van der Waals surface area (Å²) in [5.74, 6) is 0. The molecule has 1 aliphatic heterocycles. The zero-order valence-electron chi connectivity index (χ0n) is 16.1. The van der Waals surface area contributed by atoms with E-state index in [0.29, 0.717) is 0 Å². The molecule has 0 radical (unpaired) electrons. The van der Waals surface area contributed by atoms with E-state index in [1.807, 2.05) is 0 Å². The number of nitrogens with zero attached hydrogens (tertiary/aromatic N) is 1. The Bertz CT molecular complexity index is 1370. The molecule has 1 heteroatoms. The molecule has 6 rings (SSSR count). The van der Waals surface area contributed by atoms with Gasteiger partial charge in [0.15, 0.2) is 0 Å². The maximum absolute atomic E-state index is 2.47. The van der Waals surface area contributed by atoms with Crippen LogP contribution in [0.2, 0.25) is 0 Å². The molecule has 134 valence electrons. The first-order valence-corrected chi connectivity index (χ1v) is 9.89. The first kappa shape index (κ1) is 15.7. The van der Waals surface area contributed by atoms with Gasteiger partial charge < -0.3 is 4.57 Å². The highest BCUT2D eigenvalue weighted by Gasteiger charge is 2.25. The maximum Gasteiger partial charge on any atom is 0.0619 e. The number of para-hydroxylation sites is 2.